The fourth-order valence-corrected chi connectivity index (χ4v) is 8.17. The summed E-state index contributed by atoms with van der Waals surface area (Å²) < 4.78 is 17.2. The van der Waals surface area contributed by atoms with Crippen LogP contribution in [-0.4, -0.2) is 71.0 Å². The number of carbonyl (C=O) groups is 3. The maximum atomic E-state index is 13.0. The smallest absolute Gasteiger partial charge is 0.306 e. The van der Waals surface area contributed by atoms with E-state index in [2.05, 4.69) is 99.0 Å². The van der Waals surface area contributed by atoms with E-state index in [1.807, 2.05) is 0 Å². The molecule has 0 aromatic heterocycles. The average molecular weight is 608 g/mol. The van der Waals surface area contributed by atoms with Crippen molar-refractivity contribution < 1.29 is 28.6 Å². The standard InChI is InChI=1S/C34H61N3O6/c1-29(2)16-23(32(7,8)35-29)19-41-26(38)13-22(14-27(39)42-20-24-17-30(3,4)36-33(24,9)10)15-28(40)43-21-25-18-31(5,6)37-34(25,11)12/h22-25,35-37H,13-21H2,1-12H3. The second kappa shape index (κ2) is 12.6. The van der Waals surface area contributed by atoms with Crippen molar-refractivity contribution in [1.29, 1.82) is 0 Å². The second-order valence-electron chi connectivity index (χ2n) is 17.4. The maximum absolute atomic E-state index is 13.0. The van der Waals surface area contributed by atoms with Crippen LogP contribution in [0.3, 0.4) is 0 Å². The third-order valence-corrected chi connectivity index (χ3v) is 10.0. The number of carbonyl (C=O) groups excluding carboxylic acids is 3. The summed E-state index contributed by atoms with van der Waals surface area (Å²) in [7, 11) is 0. The monoisotopic (exact) mass is 607 g/mol. The molecule has 0 saturated carbocycles. The van der Waals surface area contributed by atoms with Crippen LogP contribution in [0.4, 0.5) is 0 Å². The molecule has 3 fully saturated rings. The highest BCUT2D eigenvalue weighted by atomic mass is 16.5. The van der Waals surface area contributed by atoms with E-state index >= 15 is 0 Å². The van der Waals surface area contributed by atoms with Crippen LogP contribution < -0.4 is 16.0 Å². The number of hydrogen-bond acceptors (Lipinski definition) is 9. The topological polar surface area (TPSA) is 115 Å². The summed E-state index contributed by atoms with van der Waals surface area (Å²) in [6.07, 6.45) is 2.55. The summed E-state index contributed by atoms with van der Waals surface area (Å²) in [6.45, 7) is 26.5. The molecule has 0 aromatic carbocycles. The molecule has 0 radical (unpaired) electrons. The van der Waals surface area contributed by atoms with Gasteiger partial charge in [0.2, 0.25) is 0 Å². The highest BCUT2D eigenvalue weighted by Gasteiger charge is 2.46. The molecule has 0 aromatic rings. The summed E-state index contributed by atoms with van der Waals surface area (Å²) in [5.41, 5.74) is -0.585. The van der Waals surface area contributed by atoms with E-state index in [0.717, 1.165) is 19.3 Å². The van der Waals surface area contributed by atoms with Gasteiger partial charge in [0.05, 0.1) is 19.8 Å². The molecular formula is C34H61N3O6. The molecule has 0 spiro atoms. The van der Waals surface area contributed by atoms with Gasteiger partial charge in [-0.25, -0.2) is 0 Å². The molecule has 3 N–H and O–H groups in total. The molecule has 43 heavy (non-hydrogen) atoms. The van der Waals surface area contributed by atoms with E-state index in [1.165, 1.54) is 0 Å². The van der Waals surface area contributed by atoms with Gasteiger partial charge in [0.25, 0.3) is 0 Å². The Kier molecular flexibility index (Phi) is 10.5. The molecule has 3 rings (SSSR count). The minimum Gasteiger partial charge on any atom is -0.465 e. The number of esters is 3. The fourth-order valence-electron chi connectivity index (χ4n) is 8.17. The molecule has 9 heteroatoms. The van der Waals surface area contributed by atoms with Crippen LogP contribution in [0.5, 0.6) is 0 Å². The molecule has 9 nitrogen and oxygen atoms in total. The van der Waals surface area contributed by atoms with Crippen molar-refractivity contribution in [3.8, 4) is 0 Å². The fraction of sp³-hybridized carbons (Fsp3) is 0.912. The molecule has 3 aliphatic heterocycles. The van der Waals surface area contributed by atoms with Crippen molar-refractivity contribution in [2.75, 3.05) is 19.8 Å². The maximum Gasteiger partial charge on any atom is 0.306 e. The van der Waals surface area contributed by atoms with Crippen LogP contribution >= 0.6 is 0 Å². The quantitative estimate of drug-likeness (QED) is 0.210. The molecule has 0 bridgehead atoms. The van der Waals surface area contributed by atoms with E-state index < -0.39 is 23.8 Å². The first kappa shape index (κ1) is 35.8. The summed E-state index contributed by atoms with van der Waals surface area (Å²) in [5.74, 6) is -1.28. The molecule has 3 saturated heterocycles. The summed E-state index contributed by atoms with van der Waals surface area (Å²) in [6, 6.07) is 0. The van der Waals surface area contributed by atoms with Crippen LogP contribution in [0.15, 0.2) is 0 Å². The van der Waals surface area contributed by atoms with E-state index in [-0.39, 0.29) is 70.2 Å². The Morgan fingerprint density at radius 3 is 0.930 bits per heavy atom. The molecule has 0 amide bonds. The number of hydrogen-bond donors (Lipinski definition) is 3. The minimum atomic E-state index is -0.559. The van der Waals surface area contributed by atoms with E-state index in [1.54, 1.807) is 0 Å². The van der Waals surface area contributed by atoms with Gasteiger partial charge in [-0.2, -0.15) is 0 Å². The summed E-state index contributed by atoms with van der Waals surface area (Å²) >= 11 is 0. The first-order valence-electron chi connectivity index (χ1n) is 16.3. The summed E-state index contributed by atoms with van der Waals surface area (Å²) in [4.78, 5) is 39.1. The van der Waals surface area contributed by atoms with Crippen molar-refractivity contribution in [2.24, 2.45) is 23.7 Å². The lowest BCUT2D eigenvalue weighted by Gasteiger charge is -2.28. The molecule has 3 aliphatic rings. The molecule has 248 valence electrons. The van der Waals surface area contributed by atoms with Crippen LogP contribution in [0.2, 0.25) is 0 Å². The van der Waals surface area contributed by atoms with Crippen LogP contribution in [0.1, 0.15) is 122 Å². The van der Waals surface area contributed by atoms with Gasteiger partial charge in [-0.1, -0.05) is 0 Å². The molecule has 3 atom stereocenters. The Morgan fingerprint density at radius 2 is 0.744 bits per heavy atom. The lowest BCUT2D eigenvalue weighted by atomic mass is 9.87. The van der Waals surface area contributed by atoms with Gasteiger partial charge in [-0.05, 0) is 108 Å². The normalized spacial score (nSPS) is 30.0. The Bertz CT molecular complexity index is 903. The van der Waals surface area contributed by atoms with Gasteiger partial charge < -0.3 is 30.2 Å². The van der Waals surface area contributed by atoms with Gasteiger partial charge in [0.1, 0.15) is 0 Å². The zero-order chi connectivity index (χ0) is 32.6. The second-order valence-corrected chi connectivity index (χ2v) is 17.4. The van der Waals surface area contributed by atoms with E-state index in [9.17, 15) is 14.4 Å². The first-order chi connectivity index (χ1) is 19.4. The van der Waals surface area contributed by atoms with Gasteiger partial charge >= 0.3 is 17.9 Å². The third kappa shape index (κ3) is 10.1. The Hall–Kier alpha value is -1.71. The van der Waals surface area contributed by atoms with E-state index in [0.29, 0.717) is 19.8 Å². The molecule has 3 unspecified atom stereocenters. The minimum absolute atomic E-state index is 0.0339. The highest BCUT2D eigenvalue weighted by Crippen LogP contribution is 2.38. The number of ether oxygens (including phenoxy) is 3. The van der Waals surface area contributed by atoms with Crippen molar-refractivity contribution in [3.05, 3.63) is 0 Å². The van der Waals surface area contributed by atoms with Crippen LogP contribution in [-0.2, 0) is 28.6 Å². The van der Waals surface area contributed by atoms with Gasteiger partial charge in [-0.15, -0.1) is 0 Å². The van der Waals surface area contributed by atoms with Gasteiger partial charge in [0, 0.05) is 70.2 Å². The Balaban J connectivity index is 1.59. The van der Waals surface area contributed by atoms with Gasteiger partial charge in [-0.3, -0.25) is 14.4 Å². The van der Waals surface area contributed by atoms with Crippen molar-refractivity contribution in [3.63, 3.8) is 0 Å². The van der Waals surface area contributed by atoms with Crippen molar-refractivity contribution in [2.45, 2.75) is 155 Å². The molecule has 0 aliphatic carbocycles. The van der Waals surface area contributed by atoms with Crippen LogP contribution in [0, 0.1) is 23.7 Å². The number of rotatable bonds is 12. The summed E-state index contributed by atoms with van der Waals surface area (Å²) in [5, 5.41) is 10.8. The predicted octanol–water partition coefficient (Wildman–Crippen LogP) is 4.90. The zero-order valence-electron chi connectivity index (χ0n) is 29.1. The lowest BCUT2D eigenvalue weighted by Crippen LogP contribution is -2.45. The number of nitrogens with one attached hydrogen (secondary N) is 3. The lowest BCUT2D eigenvalue weighted by molar-refractivity contribution is -0.151. The largest absolute Gasteiger partial charge is 0.465 e. The van der Waals surface area contributed by atoms with Gasteiger partial charge in [0.15, 0.2) is 0 Å². The predicted molar refractivity (Wildman–Crippen MR) is 168 cm³/mol. The Morgan fingerprint density at radius 1 is 0.512 bits per heavy atom. The highest BCUT2D eigenvalue weighted by molar-refractivity contribution is 5.76. The molecule has 3 heterocycles. The molecular weight excluding hydrogens is 546 g/mol. The van der Waals surface area contributed by atoms with E-state index in [4.69, 9.17) is 14.2 Å². The van der Waals surface area contributed by atoms with Crippen molar-refractivity contribution in [1.82, 2.24) is 16.0 Å². The van der Waals surface area contributed by atoms with Crippen molar-refractivity contribution >= 4 is 17.9 Å². The Labute approximate surface area is 260 Å². The third-order valence-electron chi connectivity index (χ3n) is 10.0. The SMILES string of the molecule is CC1(C)CC(COC(=O)CC(CC(=O)OCC2CC(C)(C)NC2(C)C)CC(=O)OCC2CC(C)(C)NC2(C)C)C(C)(C)N1. The zero-order valence-corrected chi connectivity index (χ0v) is 29.1. The van der Waals surface area contributed by atoms with Crippen LogP contribution in [0.25, 0.3) is 0 Å². The first-order valence-corrected chi connectivity index (χ1v) is 16.3. The average Bonchev–Trinajstić information content (AvgIpc) is 3.25.